The van der Waals surface area contributed by atoms with Crippen LogP contribution < -0.4 is 0 Å². The second kappa shape index (κ2) is 2.79. The van der Waals surface area contributed by atoms with E-state index in [1.807, 2.05) is 19.2 Å². The van der Waals surface area contributed by atoms with Gasteiger partial charge in [-0.05, 0) is 41.8 Å². The van der Waals surface area contributed by atoms with Gasteiger partial charge in [0, 0.05) is 16.7 Å². The number of fused-ring (bicyclic) bond motifs is 1. The molecule has 0 N–H and O–H groups in total. The summed E-state index contributed by atoms with van der Waals surface area (Å²) in [6.07, 6.45) is 4.35. The van der Waals surface area contributed by atoms with E-state index in [1.54, 1.807) is 0 Å². The van der Waals surface area contributed by atoms with Crippen molar-refractivity contribution in [1.29, 1.82) is 0 Å². The Kier molecular flexibility index (Phi) is 1.68. The Balaban J connectivity index is 2.37. The van der Waals surface area contributed by atoms with Gasteiger partial charge in [-0.2, -0.15) is 0 Å². The molecule has 0 saturated heterocycles. The van der Waals surface area contributed by atoms with Gasteiger partial charge in [-0.25, -0.2) is 9.97 Å². The first-order valence-corrected chi connectivity index (χ1v) is 5.55. The second-order valence-corrected chi connectivity index (χ2v) is 4.58. The van der Waals surface area contributed by atoms with E-state index in [0.29, 0.717) is 6.04 Å². The molecule has 1 aliphatic rings. The molecule has 1 aliphatic carbocycles. The van der Waals surface area contributed by atoms with Gasteiger partial charge in [0.2, 0.25) is 0 Å². The molecule has 2 aromatic heterocycles. The Labute approximate surface area is 90.3 Å². The standard InChI is InChI=1S/C10H10BrN3/c1-6-13-9-8(11)4-5-12-10(9)14(6)7-2-3-7/h4-5,7H,2-3H2,1H3. The fourth-order valence-corrected chi connectivity index (χ4v) is 2.22. The summed E-state index contributed by atoms with van der Waals surface area (Å²) in [7, 11) is 0. The number of aryl methyl sites for hydroxylation is 1. The summed E-state index contributed by atoms with van der Waals surface area (Å²) in [4.78, 5) is 8.92. The van der Waals surface area contributed by atoms with Gasteiger partial charge >= 0.3 is 0 Å². The number of nitrogens with zero attached hydrogens (tertiary/aromatic N) is 3. The molecule has 0 amide bonds. The van der Waals surface area contributed by atoms with Crippen LogP contribution in [0.2, 0.25) is 0 Å². The lowest BCUT2D eigenvalue weighted by Crippen LogP contribution is -1.97. The zero-order valence-electron chi connectivity index (χ0n) is 7.87. The van der Waals surface area contributed by atoms with E-state index in [-0.39, 0.29) is 0 Å². The number of halogens is 1. The minimum Gasteiger partial charge on any atom is -0.310 e. The van der Waals surface area contributed by atoms with Gasteiger partial charge in [-0.1, -0.05) is 0 Å². The lowest BCUT2D eigenvalue weighted by atomic mass is 10.4. The molecule has 0 radical (unpaired) electrons. The molecular weight excluding hydrogens is 242 g/mol. The Hall–Kier alpha value is -0.900. The second-order valence-electron chi connectivity index (χ2n) is 3.73. The molecule has 0 aliphatic heterocycles. The van der Waals surface area contributed by atoms with Crippen molar-refractivity contribution in [1.82, 2.24) is 14.5 Å². The molecule has 1 saturated carbocycles. The molecule has 0 aromatic carbocycles. The third-order valence-corrected chi connectivity index (χ3v) is 3.26. The lowest BCUT2D eigenvalue weighted by Gasteiger charge is -2.01. The van der Waals surface area contributed by atoms with E-state index in [2.05, 4.69) is 30.5 Å². The first-order chi connectivity index (χ1) is 6.77. The molecule has 72 valence electrons. The summed E-state index contributed by atoms with van der Waals surface area (Å²) >= 11 is 3.50. The fraction of sp³-hybridized carbons (Fsp3) is 0.400. The van der Waals surface area contributed by atoms with E-state index in [1.165, 1.54) is 12.8 Å². The smallest absolute Gasteiger partial charge is 0.161 e. The van der Waals surface area contributed by atoms with Crippen LogP contribution in [0.5, 0.6) is 0 Å². The third-order valence-electron chi connectivity index (χ3n) is 2.62. The summed E-state index contributed by atoms with van der Waals surface area (Å²) < 4.78 is 3.28. The molecular formula is C10H10BrN3. The Morgan fingerprint density at radius 2 is 2.29 bits per heavy atom. The van der Waals surface area contributed by atoms with Crippen LogP contribution >= 0.6 is 15.9 Å². The summed E-state index contributed by atoms with van der Waals surface area (Å²) in [5.74, 6) is 1.07. The van der Waals surface area contributed by atoms with Gasteiger partial charge in [-0.15, -0.1) is 0 Å². The largest absolute Gasteiger partial charge is 0.310 e. The average Bonchev–Trinajstić information content (AvgIpc) is 2.91. The molecule has 0 unspecified atom stereocenters. The average molecular weight is 252 g/mol. The highest BCUT2D eigenvalue weighted by molar-refractivity contribution is 9.10. The minimum atomic E-state index is 0.641. The Bertz CT molecular complexity index is 499. The molecule has 3 rings (SSSR count). The van der Waals surface area contributed by atoms with Crippen LogP contribution in [-0.2, 0) is 0 Å². The topological polar surface area (TPSA) is 30.7 Å². The van der Waals surface area contributed by atoms with Crippen molar-refractivity contribution in [3.8, 4) is 0 Å². The van der Waals surface area contributed by atoms with Crippen molar-refractivity contribution in [3.05, 3.63) is 22.6 Å². The lowest BCUT2D eigenvalue weighted by molar-refractivity contribution is 0.726. The molecule has 0 spiro atoms. The molecule has 0 bridgehead atoms. The Morgan fingerprint density at radius 3 is 3.00 bits per heavy atom. The summed E-state index contributed by atoms with van der Waals surface area (Å²) in [5, 5.41) is 0. The Morgan fingerprint density at radius 1 is 1.50 bits per heavy atom. The van der Waals surface area contributed by atoms with Crippen LogP contribution in [0.15, 0.2) is 16.7 Å². The van der Waals surface area contributed by atoms with Gasteiger partial charge in [-0.3, -0.25) is 0 Å². The highest BCUT2D eigenvalue weighted by Gasteiger charge is 2.27. The van der Waals surface area contributed by atoms with Crippen molar-refractivity contribution in [2.75, 3.05) is 0 Å². The summed E-state index contributed by atoms with van der Waals surface area (Å²) in [6.45, 7) is 2.05. The van der Waals surface area contributed by atoms with E-state index < -0.39 is 0 Å². The molecule has 0 atom stereocenters. The predicted octanol–water partition coefficient (Wildman–Crippen LogP) is 2.84. The highest BCUT2D eigenvalue weighted by Crippen LogP contribution is 2.38. The van der Waals surface area contributed by atoms with Gasteiger partial charge in [0.05, 0.1) is 0 Å². The number of aromatic nitrogens is 3. The molecule has 14 heavy (non-hydrogen) atoms. The van der Waals surface area contributed by atoms with Crippen molar-refractivity contribution >= 4 is 27.1 Å². The quantitative estimate of drug-likeness (QED) is 0.781. The number of imidazole rings is 1. The highest BCUT2D eigenvalue weighted by atomic mass is 79.9. The van der Waals surface area contributed by atoms with Crippen molar-refractivity contribution < 1.29 is 0 Å². The third kappa shape index (κ3) is 1.10. The van der Waals surface area contributed by atoms with Gasteiger partial charge in [0.1, 0.15) is 11.3 Å². The van der Waals surface area contributed by atoms with E-state index in [0.717, 1.165) is 21.5 Å². The van der Waals surface area contributed by atoms with Crippen LogP contribution in [0.1, 0.15) is 24.7 Å². The van der Waals surface area contributed by atoms with Crippen LogP contribution in [0.4, 0.5) is 0 Å². The SMILES string of the molecule is Cc1nc2c(Br)ccnc2n1C1CC1. The van der Waals surface area contributed by atoms with Crippen LogP contribution in [-0.4, -0.2) is 14.5 Å². The van der Waals surface area contributed by atoms with Crippen LogP contribution in [0, 0.1) is 6.92 Å². The molecule has 2 heterocycles. The number of hydrogen-bond acceptors (Lipinski definition) is 2. The first kappa shape index (κ1) is 8.41. The zero-order valence-corrected chi connectivity index (χ0v) is 9.45. The van der Waals surface area contributed by atoms with Crippen molar-refractivity contribution in [3.63, 3.8) is 0 Å². The minimum absolute atomic E-state index is 0.641. The van der Waals surface area contributed by atoms with Gasteiger partial charge < -0.3 is 4.57 Å². The monoisotopic (exact) mass is 251 g/mol. The molecule has 3 nitrogen and oxygen atoms in total. The zero-order chi connectivity index (χ0) is 9.71. The normalized spacial score (nSPS) is 16.4. The van der Waals surface area contributed by atoms with Crippen molar-refractivity contribution in [2.24, 2.45) is 0 Å². The fourth-order valence-electron chi connectivity index (χ4n) is 1.84. The molecule has 2 aromatic rings. The van der Waals surface area contributed by atoms with Gasteiger partial charge in [0.25, 0.3) is 0 Å². The van der Waals surface area contributed by atoms with Crippen molar-refractivity contribution in [2.45, 2.75) is 25.8 Å². The predicted molar refractivity (Wildman–Crippen MR) is 58.2 cm³/mol. The van der Waals surface area contributed by atoms with E-state index >= 15 is 0 Å². The number of pyridine rings is 1. The first-order valence-electron chi connectivity index (χ1n) is 4.76. The molecule has 4 heteroatoms. The maximum Gasteiger partial charge on any atom is 0.161 e. The maximum atomic E-state index is 4.53. The van der Waals surface area contributed by atoms with E-state index in [9.17, 15) is 0 Å². The van der Waals surface area contributed by atoms with Gasteiger partial charge in [0.15, 0.2) is 5.65 Å². The van der Waals surface area contributed by atoms with Crippen LogP contribution in [0.25, 0.3) is 11.2 Å². The molecule has 1 fully saturated rings. The number of hydrogen-bond donors (Lipinski definition) is 0. The summed E-state index contributed by atoms with van der Waals surface area (Å²) in [6, 6.07) is 2.58. The maximum absolute atomic E-state index is 4.53. The van der Waals surface area contributed by atoms with E-state index in [4.69, 9.17) is 0 Å². The van der Waals surface area contributed by atoms with Crippen LogP contribution in [0.3, 0.4) is 0 Å². The number of rotatable bonds is 1. The summed E-state index contributed by atoms with van der Waals surface area (Å²) in [5.41, 5.74) is 2.00.